The predicted molar refractivity (Wildman–Crippen MR) is 73.5 cm³/mol. The second kappa shape index (κ2) is 6.04. The van der Waals surface area contributed by atoms with E-state index < -0.39 is 30.0 Å². The van der Waals surface area contributed by atoms with Gasteiger partial charge in [-0.15, -0.1) is 0 Å². The van der Waals surface area contributed by atoms with E-state index in [1.54, 1.807) is 6.07 Å². The van der Waals surface area contributed by atoms with Gasteiger partial charge in [0.2, 0.25) is 6.79 Å². The maximum absolute atomic E-state index is 13.0. The van der Waals surface area contributed by atoms with Gasteiger partial charge in [-0.3, -0.25) is 4.79 Å². The van der Waals surface area contributed by atoms with Gasteiger partial charge in [-0.1, -0.05) is 0 Å². The van der Waals surface area contributed by atoms with Crippen molar-refractivity contribution in [3.05, 3.63) is 59.2 Å². The van der Waals surface area contributed by atoms with Crippen LogP contribution in [0.2, 0.25) is 0 Å². The molecule has 23 heavy (non-hydrogen) atoms. The van der Waals surface area contributed by atoms with Crippen molar-refractivity contribution in [2.24, 2.45) is 0 Å². The first-order valence-electron chi connectivity index (χ1n) is 6.59. The molecule has 7 heteroatoms. The molecule has 0 aromatic heterocycles. The van der Waals surface area contributed by atoms with Crippen LogP contribution in [0, 0.1) is 11.6 Å². The molecule has 1 heterocycles. The fourth-order valence-corrected chi connectivity index (χ4v) is 2.04. The summed E-state index contributed by atoms with van der Waals surface area (Å²) in [6.45, 7) is -0.482. The summed E-state index contributed by atoms with van der Waals surface area (Å²) >= 11 is 0. The van der Waals surface area contributed by atoms with Gasteiger partial charge in [0, 0.05) is 11.6 Å². The molecule has 0 aliphatic carbocycles. The first-order chi connectivity index (χ1) is 11.0. The number of hydrogen-bond donors (Lipinski definition) is 0. The normalized spacial score (nSPS) is 12.1. The van der Waals surface area contributed by atoms with Crippen LogP contribution in [0.4, 0.5) is 8.78 Å². The number of rotatable bonds is 4. The minimum absolute atomic E-state index is 0.0765. The van der Waals surface area contributed by atoms with Crippen LogP contribution in [-0.2, 0) is 4.74 Å². The highest BCUT2D eigenvalue weighted by Gasteiger charge is 2.18. The summed E-state index contributed by atoms with van der Waals surface area (Å²) in [7, 11) is 0. The standard InChI is InChI=1S/C16H10F2O5/c17-11-3-10(4-12(18)6-11)16(20)21-7-13(19)9-1-2-14-15(5-9)23-8-22-14/h1-6H,7-8H2. The topological polar surface area (TPSA) is 61.8 Å². The van der Waals surface area contributed by atoms with Crippen LogP contribution in [-0.4, -0.2) is 25.2 Å². The molecule has 1 aliphatic heterocycles. The molecule has 0 spiro atoms. The molecule has 0 radical (unpaired) electrons. The number of ketones is 1. The summed E-state index contributed by atoms with van der Waals surface area (Å²) < 4.78 is 41.1. The SMILES string of the molecule is O=C(COC(=O)c1cc(F)cc(F)c1)c1ccc2c(c1)OCO2. The van der Waals surface area contributed by atoms with Crippen LogP contribution in [0.15, 0.2) is 36.4 Å². The number of ether oxygens (including phenoxy) is 3. The third kappa shape index (κ3) is 3.28. The van der Waals surface area contributed by atoms with E-state index in [4.69, 9.17) is 14.2 Å². The lowest BCUT2D eigenvalue weighted by Gasteiger charge is -2.05. The van der Waals surface area contributed by atoms with Crippen molar-refractivity contribution in [3.8, 4) is 11.5 Å². The lowest BCUT2D eigenvalue weighted by atomic mass is 10.1. The Bertz CT molecular complexity index is 768. The van der Waals surface area contributed by atoms with Gasteiger partial charge in [0.15, 0.2) is 23.9 Å². The Morgan fingerprint density at radius 3 is 2.39 bits per heavy atom. The summed E-state index contributed by atoms with van der Waals surface area (Å²) in [6, 6.07) is 6.84. The number of esters is 1. The van der Waals surface area contributed by atoms with E-state index in [2.05, 4.69) is 0 Å². The van der Waals surface area contributed by atoms with Crippen molar-refractivity contribution in [1.29, 1.82) is 0 Å². The van der Waals surface area contributed by atoms with Gasteiger partial charge in [0.05, 0.1) is 5.56 Å². The number of benzene rings is 2. The van der Waals surface area contributed by atoms with Gasteiger partial charge in [-0.2, -0.15) is 0 Å². The molecule has 0 atom stereocenters. The second-order valence-corrected chi connectivity index (χ2v) is 4.73. The highest BCUT2D eigenvalue weighted by Crippen LogP contribution is 2.32. The smallest absolute Gasteiger partial charge is 0.338 e. The lowest BCUT2D eigenvalue weighted by Crippen LogP contribution is -2.14. The third-order valence-electron chi connectivity index (χ3n) is 3.13. The Kier molecular flexibility index (Phi) is 3.92. The Morgan fingerprint density at radius 1 is 0.957 bits per heavy atom. The average Bonchev–Trinajstić information content (AvgIpc) is 2.98. The lowest BCUT2D eigenvalue weighted by molar-refractivity contribution is 0.0474. The summed E-state index contributed by atoms with van der Waals surface area (Å²) in [5.74, 6) is -2.33. The second-order valence-electron chi connectivity index (χ2n) is 4.73. The fraction of sp³-hybridized carbons (Fsp3) is 0.125. The van der Waals surface area contributed by atoms with E-state index in [9.17, 15) is 18.4 Å². The number of carbonyl (C=O) groups is 2. The largest absolute Gasteiger partial charge is 0.454 e. The molecule has 0 bridgehead atoms. The molecule has 0 saturated heterocycles. The number of Topliss-reactive ketones (excluding diaryl/α,β-unsaturated/α-hetero) is 1. The van der Waals surface area contributed by atoms with Crippen LogP contribution >= 0.6 is 0 Å². The zero-order valence-corrected chi connectivity index (χ0v) is 11.7. The molecule has 0 fully saturated rings. The van der Waals surface area contributed by atoms with Crippen LogP contribution < -0.4 is 9.47 Å². The Hall–Kier alpha value is -2.96. The third-order valence-corrected chi connectivity index (χ3v) is 3.13. The van der Waals surface area contributed by atoms with Crippen molar-refractivity contribution in [2.45, 2.75) is 0 Å². The minimum Gasteiger partial charge on any atom is -0.454 e. The van der Waals surface area contributed by atoms with Crippen LogP contribution in [0.5, 0.6) is 11.5 Å². The van der Waals surface area contributed by atoms with Crippen molar-refractivity contribution in [1.82, 2.24) is 0 Å². The zero-order chi connectivity index (χ0) is 16.4. The average molecular weight is 320 g/mol. The summed E-state index contributed by atoms with van der Waals surface area (Å²) in [5.41, 5.74) is -0.0338. The Morgan fingerprint density at radius 2 is 1.65 bits per heavy atom. The first kappa shape index (κ1) is 15.0. The molecule has 2 aromatic carbocycles. The van der Waals surface area contributed by atoms with Gasteiger partial charge in [-0.05, 0) is 30.3 Å². The van der Waals surface area contributed by atoms with E-state index in [-0.39, 0.29) is 17.9 Å². The van der Waals surface area contributed by atoms with Crippen molar-refractivity contribution < 1.29 is 32.6 Å². The maximum atomic E-state index is 13.0. The van der Waals surface area contributed by atoms with E-state index in [0.717, 1.165) is 12.1 Å². The van der Waals surface area contributed by atoms with Crippen molar-refractivity contribution in [3.63, 3.8) is 0 Å². The van der Waals surface area contributed by atoms with Gasteiger partial charge in [0.25, 0.3) is 0 Å². The van der Waals surface area contributed by atoms with Gasteiger partial charge in [-0.25, -0.2) is 13.6 Å². The van der Waals surface area contributed by atoms with Gasteiger partial charge in [0.1, 0.15) is 11.6 Å². The molecule has 0 amide bonds. The molecule has 0 unspecified atom stereocenters. The van der Waals surface area contributed by atoms with E-state index in [1.165, 1.54) is 12.1 Å². The highest BCUT2D eigenvalue weighted by molar-refractivity contribution is 5.99. The van der Waals surface area contributed by atoms with Crippen LogP contribution in [0.3, 0.4) is 0 Å². The maximum Gasteiger partial charge on any atom is 0.338 e. The molecule has 0 saturated carbocycles. The summed E-state index contributed by atoms with van der Waals surface area (Å²) in [6.07, 6.45) is 0. The van der Waals surface area contributed by atoms with E-state index in [1.807, 2.05) is 0 Å². The van der Waals surface area contributed by atoms with E-state index in [0.29, 0.717) is 17.6 Å². The fourth-order valence-electron chi connectivity index (χ4n) is 2.04. The van der Waals surface area contributed by atoms with Crippen molar-refractivity contribution in [2.75, 3.05) is 13.4 Å². The first-order valence-corrected chi connectivity index (χ1v) is 6.59. The molecule has 0 N–H and O–H groups in total. The monoisotopic (exact) mass is 320 g/mol. The Balaban J connectivity index is 1.65. The zero-order valence-electron chi connectivity index (χ0n) is 11.7. The molecule has 2 aromatic rings. The number of fused-ring (bicyclic) bond motifs is 1. The number of hydrogen-bond acceptors (Lipinski definition) is 5. The molecule has 5 nitrogen and oxygen atoms in total. The van der Waals surface area contributed by atoms with Gasteiger partial charge < -0.3 is 14.2 Å². The summed E-state index contributed by atoms with van der Waals surface area (Å²) in [5, 5.41) is 0. The van der Waals surface area contributed by atoms with E-state index >= 15 is 0 Å². The van der Waals surface area contributed by atoms with Crippen LogP contribution in [0.1, 0.15) is 20.7 Å². The number of carbonyl (C=O) groups excluding carboxylic acids is 2. The quantitative estimate of drug-likeness (QED) is 0.640. The number of halogens is 2. The predicted octanol–water partition coefficient (Wildman–Crippen LogP) is 2.73. The van der Waals surface area contributed by atoms with Crippen molar-refractivity contribution >= 4 is 11.8 Å². The summed E-state index contributed by atoms with van der Waals surface area (Å²) in [4.78, 5) is 23.7. The minimum atomic E-state index is -0.988. The molecular formula is C16H10F2O5. The van der Waals surface area contributed by atoms with Gasteiger partial charge >= 0.3 is 5.97 Å². The highest BCUT2D eigenvalue weighted by atomic mass is 19.1. The molecule has 118 valence electrons. The molecule has 1 aliphatic rings. The van der Waals surface area contributed by atoms with Crippen LogP contribution in [0.25, 0.3) is 0 Å². The Labute approximate surface area is 129 Å². The molecule has 3 rings (SSSR count). The molecular weight excluding hydrogens is 310 g/mol.